The van der Waals surface area contributed by atoms with E-state index in [0.29, 0.717) is 13.0 Å². The normalized spacial score (nSPS) is 16.3. The maximum atomic E-state index is 11.8. The number of hydrogen-bond donors (Lipinski definition) is 1. The molecule has 0 aliphatic carbocycles. The highest BCUT2D eigenvalue weighted by atomic mass is 32.1. The summed E-state index contributed by atoms with van der Waals surface area (Å²) < 4.78 is 0. The third-order valence-electron chi connectivity index (χ3n) is 2.92. The molecule has 94 valence electrons. The number of rotatable bonds is 4. The van der Waals surface area contributed by atoms with Crippen molar-refractivity contribution in [3.05, 3.63) is 11.6 Å². The Morgan fingerprint density at radius 3 is 2.76 bits per heavy atom. The predicted octanol–water partition coefficient (Wildman–Crippen LogP) is 0.531. The van der Waals surface area contributed by atoms with Crippen LogP contribution in [0.15, 0.2) is 11.6 Å². The molecule has 0 atom stereocenters. The molecule has 5 nitrogen and oxygen atoms in total. The fraction of sp³-hybridized carbons (Fsp3) is 0.636. The summed E-state index contributed by atoms with van der Waals surface area (Å²) in [6, 6.07) is 0. The van der Waals surface area contributed by atoms with Gasteiger partial charge >= 0.3 is 0 Å². The number of amides is 1. The molecule has 0 bridgehead atoms. The second kappa shape index (κ2) is 5.97. The molecular formula is C11H18N4OS. The maximum absolute atomic E-state index is 11.8. The van der Waals surface area contributed by atoms with Crippen molar-refractivity contribution < 1.29 is 4.79 Å². The Morgan fingerprint density at radius 1 is 1.41 bits per heavy atom. The van der Waals surface area contributed by atoms with Crippen LogP contribution >= 0.6 is 11.3 Å². The van der Waals surface area contributed by atoms with Crippen LogP contribution in [0.4, 0.5) is 5.13 Å². The van der Waals surface area contributed by atoms with Gasteiger partial charge in [-0.3, -0.25) is 4.79 Å². The lowest BCUT2D eigenvalue weighted by atomic mass is 10.2. The van der Waals surface area contributed by atoms with Crippen LogP contribution in [0.5, 0.6) is 0 Å². The minimum Gasteiger partial charge on any atom is -0.345 e. The summed E-state index contributed by atoms with van der Waals surface area (Å²) in [7, 11) is 0. The molecule has 2 rings (SSSR count). The standard InChI is InChI=1S/C11H18N4OS/c12-3-1-2-10(16)14-5-7-15(8-6-14)11-13-4-9-17-11/h4,9H,1-3,5-8,12H2. The Morgan fingerprint density at radius 2 is 2.18 bits per heavy atom. The van der Waals surface area contributed by atoms with Gasteiger partial charge in [-0.15, -0.1) is 11.3 Å². The van der Waals surface area contributed by atoms with Gasteiger partial charge in [0.25, 0.3) is 0 Å². The van der Waals surface area contributed by atoms with Crippen LogP contribution in [0.25, 0.3) is 0 Å². The molecule has 0 aromatic carbocycles. The van der Waals surface area contributed by atoms with E-state index in [2.05, 4.69) is 9.88 Å². The molecule has 0 saturated carbocycles. The molecule has 1 amide bonds. The highest BCUT2D eigenvalue weighted by molar-refractivity contribution is 7.13. The van der Waals surface area contributed by atoms with Crippen LogP contribution < -0.4 is 10.6 Å². The first-order valence-electron chi connectivity index (χ1n) is 5.93. The molecule has 6 heteroatoms. The van der Waals surface area contributed by atoms with Gasteiger partial charge in [-0.1, -0.05) is 0 Å². The highest BCUT2D eigenvalue weighted by Gasteiger charge is 2.21. The van der Waals surface area contributed by atoms with Gasteiger partial charge in [0.2, 0.25) is 5.91 Å². The number of piperazine rings is 1. The van der Waals surface area contributed by atoms with Crippen LogP contribution in [-0.2, 0) is 4.79 Å². The van der Waals surface area contributed by atoms with Crippen molar-refractivity contribution in [1.29, 1.82) is 0 Å². The lowest BCUT2D eigenvalue weighted by Crippen LogP contribution is -2.48. The van der Waals surface area contributed by atoms with Crippen molar-refractivity contribution in [2.24, 2.45) is 5.73 Å². The first-order chi connectivity index (χ1) is 8.31. The third-order valence-corrected chi connectivity index (χ3v) is 3.75. The van der Waals surface area contributed by atoms with Gasteiger partial charge in [0.15, 0.2) is 5.13 Å². The van der Waals surface area contributed by atoms with E-state index in [1.807, 2.05) is 16.5 Å². The summed E-state index contributed by atoms with van der Waals surface area (Å²) in [6.07, 6.45) is 3.18. The Kier molecular flexibility index (Phi) is 4.33. The summed E-state index contributed by atoms with van der Waals surface area (Å²) in [6.45, 7) is 3.93. The average molecular weight is 254 g/mol. The Hall–Kier alpha value is -1.14. The maximum Gasteiger partial charge on any atom is 0.222 e. The van der Waals surface area contributed by atoms with Gasteiger partial charge in [0.05, 0.1) is 0 Å². The molecule has 2 heterocycles. The summed E-state index contributed by atoms with van der Waals surface area (Å²) in [5.74, 6) is 0.231. The van der Waals surface area contributed by atoms with Gasteiger partial charge in [0, 0.05) is 44.2 Å². The lowest BCUT2D eigenvalue weighted by Gasteiger charge is -2.34. The van der Waals surface area contributed by atoms with Gasteiger partial charge in [-0.2, -0.15) is 0 Å². The summed E-state index contributed by atoms with van der Waals surface area (Å²) in [4.78, 5) is 20.2. The zero-order chi connectivity index (χ0) is 12.1. The molecule has 0 spiro atoms. The number of carbonyl (C=O) groups excluding carboxylic acids is 1. The number of nitrogens with zero attached hydrogens (tertiary/aromatic N) is 3. The zero-order valence-electron chi connectivity index (χ0n) is 9.84. The van der Waals surface area contributed by atoms with E-state index >= 15 is 0 Å². The fourth-order valence-electron chi connectivity index (χ4n) is 1.93. The van der Waals surface area contributed by atoms with Crippen molar-refractivity contribution in [2.45, 2.75) is 12.8 Å². The average Bonchev–Trinajstić information content (AvgIpc) is 2.90. The van der Waals surface area contributed by atoms with Crippen molar-refractivity contribution in [3.8, 4) is 0 Å². The molecule has 1 aromatic heterocycles. The van der Waals surface area contributed by atoms with E-state index in [-0.39, 0.29) is 5.91 Å². The third kappa shape index (κ3) is 3.17. The summed E-state index contributed by atoms with van der Waals surface area (Å²) >= 11 is 1.65. The number of thiazole rings is 1. The summed E-state index contributed by atoms with van der Waals surface area (Å²) in [5, 5.41) is 3.03. The topological polar surface area (TPSA) is 62.5 Å². The second-order valence-corrected chi connectivity index (χ2v) is 4.95. The molecule has 1 fully saturated rings. The molecule has 17 heavy (non-hydrogen) atoms. The van der Waals surface area contributed by atoms with Crippen LogP contribution in [0.1, 0.15) is 12.8 Å². The van der Waals surface area contributed by atoms with E-state index in [4.69, 9.17) is 5.73 Å². The Bertz CT molecular complexity index is 346. The van der Waals surface area contributed by atoms with Crippen molar-refractivity contribution in [1.82, 2.24) is 9.88 Å². The second-order valence-electron chi connectivity index (χ2n) is 4.07. The number of carbonyl (C=O) groups is 1. The Labute approximate surface area is 105 Å². The van der Waals surface area contributed by atoms with Gasteiger partial charge in [-0.25, -0.2) is 4.98 Å². The number of anilines is 1. The van der Waals surface area contributed by atoms with Crippen molar-refractivity contribution >= 4 is 22.4 Å². The molecule has 2 N–H and O–H groups in total. The number of nitrogens with two attached hydrogens (primary N) is 1. The van der Waals surface area contributed by atoms with E-state index < -0.39 is 0 Å². The monoisotopic (exact) mass is 254 g/mol. The van der Waals surface area contributed by atoms with Gasteiger partial charge in [-0.05, 0) is 13.0 Å². The number of aromatic nitrogens is 1. The van der Waals surface area contributed by atoms with E-state index in [1.165, 1.54) is 0 Å². The van der Waals surface area contributed by atoms with Crippen molar-refractivity contribution in [2.75, 3.05) is 37.6 Å². The number of hydrogen-bond acceptors (Lipinski definition) is 5. The van der Waals surface area contributed by atoms with Crippen LogP contribution in [0.2, 0.25) is 0 Å². The molecule has 1 saturated heterocycles. The van der Waals surface area contributed by atoms with Crippen LogP contribution in [0.3, 0.4) is 0 Å². The smallest absolute Gasteiger partial charge is 0.222 e. The minimum atomic E-state index is 0.231. The Balaban J connectivity index is 1.80. The van der Waals surface area contributed by atoms with E-state index in [1.54, 1.807) is 11.3 Å². The predicted molar refractivity (Wildman–Crippen MR) is 69.2 cm³/mol. The molecular weight excluding hydrogens is 236 g/mol. The first kappa shape index (κ1) is 12.3. The minimum absolute atomic E-state index is 0.231. The molecule has 1 aliphatic rings. The molecule has 0 radical (unpaired) electrons. The van der Waals surface area contributed by atoms with E-state index in [0.717, 1.165) is 37.7 Å². The molecule has 0 unspecified atom stereocenters. The summed E-state index contributed by atoms with van der Waals surface area (Å²) in [5.41, 5.74) is 5.41. The fourth-order valence-corrected chi connectivity index (χ4v) is 2.63. The van der Waals surface area contributed by atoms with Crippen LogP contribution in [0, 0.1) is 0 Å². The quantitative estimate of drug-likeness (QED) is 0.851. The first-order valence-corrected chi connectivity index (χ1v) is 6.81. The van der Waals surface area contributed by atoms with Gasteiger partial charge in [0.1, 0.15) is 0 Å². The molecule has 1 aliphatic heterocycles. The zero-order valence-corrected chi connectivity index (χ0v) is 10.7. The van der Waals surface area contributed by atoms with Crippen molar-refractivity contribution in [3.63, 3.8) is 0 Å². The lowest BCUT2D eigenvalue weighted by molar-refractivity contribution is -0.131. The molecule has 1 aromatic rings. The van der Waals surface area contributed by atoms with Gasteiger partial charge < -0.3 is 15.5 Å². The van der Waals surface area contributed by atoms with E-state index in [9.17, 15) is 4.79 Å². The SMILES string of the molecule is NCCCC(=O)N1CCN(c2nccs2)CC1. The highest BCUT2D eigenvalue weighted by Crippen LogP contribution is 2.19. The van der Waals surface area contributed by atoms with Crippen LogP contribution in [-0.4, -0.2) is 48.5 Å². The largest absolute Gasteiger partial charge is 0.345 e.